The topological polar surface area (TPSA) is 83.5 Å². The summed E-state index contributed by atoms with van der Waals surface area (Å²) in [6.45, 7) is 1.57. The fourth-order valence-corrected chi connectivity index (χ4v) is 5.03. The van der Waals surface area contributed by atoms with Crippen molar-refractivity contribution in [2.24, 2.45) is 5.10 Å². The maximum atomic E-state index is 13.2. The third-order valence-electron chi connectivity index (χ3n) is 5.29. The molecule has 3 aliphatic heterocycles. The Hall–Kier alpha value is -2.43. The summed E-state index contributed by atoms with van der Waals surface area (Å²) in [5, 5.41) is 9.95. The van der Waals surface area contributed by atoms with Crippen molar-refractivity contribution in [1.29, 1.82) is 0 Å². The van der Waals surface area contributed by atoms with E-state index in [1.165, 1.54) is 18.7 Å². The van der Waals surface area contributed by atoms with Crippen LogP contribution in [0.3, 0.4) is 0 Å². The third-order valence-corrected chi connectivity index (χ3v) is 6.68. The minimum absolute atomic E-state index is 0.0938. The van der Waals surface area contributed by atoms with Gasteiger partial charge in [0.05, 0.1) is 10.7 Å². The normalized spacial score (nSPS) is 21.3. The quantitative estimate of drug-likeness (QED) is 0.608. The zero-order chi connectivity index (χ0) is 21.9. The Labute approximate surface area is 195 Å². The summed E-state index contributed by atoms with van der Waals surface area (Å²) < 4.78 is 11.8. The molecular formula is C20H16BrClN4O4S. The highest BCUT2D eigenvalue weighted by Crippen LogP contribution is 2.50. The molecule has 0 radical (unpaired) electrons. The van der Waals surface area contributed by atoms with Gasteiger partial charge in [0.1, 0.15) is 0 Å². The molecule has 8 nitrogen and oxygen atoms in total. The molecule has 3 aliphatic rings. The lowest BCUT2D eigenvalue weighted by molar-refractivity contribution is -0.129. The van der Waals surface area contributed by atoms with Gasteiger partial charge in [-0.3, -0.25) is 19.5 Å². The van der Waals surface area contributed by atoms with Crippen LogP contribution in [0.4, 0.5) is 5.69 Å². The number of anilines is 1. The van der Waals surface area contributed by atoms with Gasteiger partial charge in [-0.2, -0.15) is 0 Å². The smallest absolute Gasteiger partial charge is 0.255 e. The van der Waals surface area contributed by atoms with Crippen LogP contribution in [0, 0.1) is 0 Å². The van der Waals surface area contributed by atoms with Crippen molar-refractivity contribution in [2.75, 3.05) is 17.9 Å². The van der Waals surface area contributed by atoms with Gasteiger partial charge >= 0.3 is 0 Å². The number of hydrogen-bond donors (Lipinski definition) is 1. The van der Waals surface area contributed by atoms with Crippen LogP contribution in [-0.2, 0) is 9.59 Å². The lowest BCUT2D eigenvalue weighted by Crippen LogP contribution is -2.55. The Morgan fingerprint density at radius 1 is 1.26 bits per heavy atom. The molecule has 5 rings (SSSR count). The van der Waals surface area contributed by atoms with E-state index in [0.717, 1.165) is 4.47 Å². The number of carbonyl (C=O) groups excluding carboxylic acids is 2. The Morgan fingerprint density at radius 3 is 2.71 bits per heavy atom. The van der Waals surface area contributed by atoms with Gasteiger partial charge in [0.15, 0.2) is 28.9 Å². The Bertz CT molecular complexity index is 1160. The van der Waals surface area contributed by atoms with Gasteiger partial charge in [0.2, 0.25) is 12.7 Å². The van der Waals surface area contributed by atoms with E-state index in [9.17, 15) is 9.59 Å². The van der Waals surface area contributed by atoms with E-state index >= 15 is 0 Å². The number of nitrogens with zero attached hydrogens (tertiary/aromatic N) is 3. The predicted octanol–water partition coefficient (Wildman–Crippen LogP) is 4.00. The van der Waals surface area contributed by atoms with Gasteiger partial charge in [-0.05, 0) is 30.5 Å². The van der Waals surface area contributed by atoms with Crippen molar-refractivity contribution >= 4 is 62.0 Å². The molecule has 2 aromatic carbocycles. The largest absolute Gasteiger partial charge is 0.454 e. The van der Waals surface area contributed by atoms with Crippen molar-refractivity contribution in [1.82, 2.24) is 10.3 Å². The summed E-state index contributed by atoms with van der Waals surface area (Å²) in [6.07, 6.45) is 1.06. The summed E-state index contributed by atoms with van der Waals surface area (Å²) in [5.41, 5.74) is 1.87. The van der Waals surface area contributed by atoms with Crippen molar-refractivity contribution in [3.05, 3.63) is 51.0 Å². The predicted molar refractivity (Wildman–Crippen MR) is 121 cm³/mol. The van der Waals surface area contributed by atoms with Gasteiger partial charge in [-0.1, -0.05) is 39.3 Å². The summed E-state index contributed by atoms with van der Waals surface area (Å²) in [6, 6.07) is 8.14. The average Bonchev–Trinajstić information content (AvgIpc) is 3.18. The van der Waals surface area contributed by atoms with Crippen LogP contribution in [-0.4, -0.2) is 35.0 Å². The van der Waals surface area contributed by atoms with Gasteiger partial charge in [0, 0.05) is 28.6 Å². The van der Waals surface area contributed by atoms with Crippen LogP contribution in [0.15, 0.2) is 39.9 Å². The molecule has 2 unspecified atom stereocenters. The van der Waals surface area contributed by atoms with Crippen molar-refractivity contribution in [2.45, 2.75) is 19.1 Å². The molecule has 0 bridgehead atoms. The number of thioether (sulfide) groups is 1. The molecule has 1 N–H and O–H groups in total. The number of hydrogen-bond acceptors (Lipinski definition) is 7. The lowest BCUT2D eigenvalue weighted by Gasteiger charge is -2.48. The number of nitrogens with one attached hydrogen (secondary N) is 1. The second-order valence-corrected chi connectivity index (χ2v) is 9.19. The first-order chi connectivity index (χ1) is 14.9. The molecule has 31 heavy (non-hydrogen) atoms. The molecule has 0 saturated heterocycles. The number of ether oxygens (including phenoxy) is 2. The van der Waals surface area contributed by atoms with Crippen LogP contribution < -0.4 is 19.7 Å². The van der Waals surface area contributed by atoms with Gasteiger partial charge in [-0.15, -0.1) is 5.10 Å². The van der Waals surface area contributed by atoms with Crippen molar-refractivity contribution in [3.63, 3.8) is 0 Å². The molecule has 0 fully saturated rings. The zero-order valence-corrected chi connectivity index (χ0v) is 19.5. The van der Waals surface area contributed by atoms with Crippen LogP contribution in [0.1, 0.15) is 30.3 Å². The lowest BCUT2D eigenvalue weighted by atomic mass is 9.95. The van der Waals surface area contributed by atoms with E-state index in [-0.39, 0.29) is 18.6 Å². The number of benzene rings is 2. The first kappa shape index (κ1) is 20.5. The van der Waals surface area contributed by atoms with Crippen LogP contribution in [0.5, 0.6) is 11.5 Å². The highest BCUT2D eigenvalue weighted by molar-refractivity contribution is 9.10. The van der Waals surface area contributed by atoms with E-state index in [1.807, 2.05) is 24.5 Å². The number of halogens is 2. The number of hydrazone groups is 1. The summed E-state index contributed by atoms with van der Waals surface area (Å²) >= 11 is 11.4. The number of amidine groups is 1. The van der Waals surface area contributed by atoms with Crippen LogP contribution >= 0.6 is 39.3 Å². The molecule has 2 atom stereocenters. The molecule has 0 aromatic heterocycles. The fourth-order valence-electron chi connectivity index (χ4n) is 4.02. The molecular weight excluding hydrogens is 508 g/mol. The van der Waals surface area contributed by atoms with Crippen LogP contribution in [0.2, 0.25) is 5.02 Å². The number of rotatable bonds is 1. The van der Waals surface area contributed by atoms with E-state index in [2.05, 4.69) is 26.3 Å². The zero-order valence-electron chi connectivity index (χ0n) is 16.4. The highest BCUT2D eigenvalue weighted by atomic mass is 79.9. The van der Waals surface area contributed by atoms with E-state index < -0.39 is 12.2 Å². The number of carbonyl (C=O) groups is 2. The Kier molecular flexibility index (Phi) is 5.03. The molecule has 0 aliphatic carbocycles. The summed E-state index contributed by atoms with van der Waals surface area (Å²) in [7, 11) is 0. The third kappa shape index (κ3) is 3.24. The minimum Gasteiger partial charge on any atom is -0.454 e. The monoisotopic (exact) mass is 522 g/mol. The minimum atomic E-state index is -0.758. The molecule has 0 saturated carbocycles. The maximum Gasteiger partial charge on any atom is 0.255 e. The molecule has 0 spiro atoms. The van der Waals surface area contributed by atoms with E-state index in [1.54, 1.807) is 22.0 Å². The molecule has 2 aromatic rings. The maximum absolute atomic E-state index is 13.2. The van der Waals surface area contributed by atoms with E-state index in [4.69, 9.17) is 21.1 Å². The van der Waals surface area contributed by atoms with Crippen molar-refractivity contribution in [3.8, 4) is 11.5 Å². The second-order valence-electron chi connectivity index (χ2n) is 7.07. The Morgan fingerprint density at radius 2 is 2.00 bits per heavy atom. The molecule has 3 heterocycles. The van der Waals surface area contributed by atoms with Gasteiger partial charge in [0.25, 0.3) is 5.91 Å². The highest BCUT2D eigenvalue weighted by Gasteiger charge is 2.47. The van der Waals surface area contributed by atoms with Crippen molar-refractivity contribution < 1.29 is 19.1 Å². The number of amides is 2. The standard InChI is InChI=1S/C20H16BrClN4O4S/c1-9(27)25-14-4-3-10(21)5-12(14)17-18(28)23-20(31-2)24-26(17)19(25)11-6-15-16(7-13(11)22)30-8-29-15/h3-7,17,19H,8H2,1-2H3,(H,23,24,28). The number of fused-ring (bicyclic) bond motifs is 4. The Balaban J connectivity index is 1.78. The van der Waals surface area contributed by atoms with E-state index in [0.29, 0.717) is 38.5 Å². The van der Waals surface area contributed by atoms with Crippen LogP contribution in [0.25, 0.3) is 0 Å². The first-order valence-electron chi connectivity index (χ1n) is 9.29. The molecule has 11 heteroatoms. The van der Waals surface area contributed by atoms with Gasteiger partial charge < -0.3 is 14.8 Å². The summed E-state index contributed by atoms with van der Waals surface area (Å²) in [5.74, 6) is 0.609. The fraction of sp³-hybridized carbons (Fsp3) is 0.250. The van der Waals surface area contributed by atoms with Gasteiger partial charge in [-0.25, -0.2) is 0 Å². The summed E-state index contributed by atoms with van der Waals surface area (Å²) in [4.78, 5) is 27.7. The SMILES string of the molecule is CSC1=NN2C(C(=O)N1)c1cc(Br)ccc1N(C(C)=O)C2c1cc2c(cc1Cl)OCO2. The first-order valence-corrected chi connectivity index (χ1v) is 11.7. The second kappa shape index (κ2) is 7.61. The molecule has 160 valence electrons. The average molecular weight is 524 g/mol. The molecule has 2 amide bonds.